The lowest BCUT2D eigenvalue weighted by molar-refractivity contribution is -0.315. The van der Waals surface area contributed by atoms with E-state index in [4.69, 9.17) is 8.85 Å². The number of aliphatic hydroxyl groups is 1. The van der Waals surface area contributed by atoms with Crippen LogP contribution in [0.25, 0.3) is 10.9 Å². The van der Waals surface area contributed by atoms with Crippen molar-refractivity contribution in [3.05, 3.63) is 71.4 Å². The van der Waals surface area contributed by atoms with Crippen molar-refractivity contribution < 1.29 is 28.3 Å². The molecule has 0 radical (unpaired) electrons. The van der Waals surface area contributed by atoms with Gasteiger partial charge in [-0.1, -0.05) is 42.5 Å². The van der Waals surface area contributed by atoms with Crippen LogP contribution in [0.2, 0.25) is 0 Å². The van der Waals surface area contributed by atoms with Crippen molar-refractivity contribution in [1.82, 2.24) is 25.0 Å². The van der Waals surface area contributed by atoms with Crippen molar-refractivity contribution >= 4 is 28.6 Å². The van der Waals surface area contributed by atoms with Crippen molar-refractivity contribution in [2.75, 3.05) is 20.1 Å². The van der Waals surface area contributed by atoms with Gasteiger partial charge in [-0.3, -0.25) is 24.0 Å². The third-order valence-corrected chi connectivity index (χ3v) is 10.4. The number of piperazine rings is 1. The van der Waals surface area contributed by atoms with Gasteiger partial charge in [-0.05, 0) is 62.3 Å². The zero-order chi connectivity index (χ0) is 32.2. The molecular weight excluding hydrogens is 547 g/mol. The Labute approximate surface area is 254 Å². The number of carbonyl (C=O) groups is 3. The zero-order valence-corrected chi connectivity index (χ0v) is 24.0. The largest absolute Gasteiger partial charge is 0.361 e. The normalized spacial score (nSPS) is 36.5. The Hall–Kier alpha value is -3.73. The number of carbonyl (C=O) groups excluding carboxylic acids is 3. The first kappa shape index (κ1) is 23.7. The Kier molecular flexibility index (Phi) is 5.17. The Balaban J connectivity index is 1.10. The molecule has 1 aromatic heterocycles. The summed E-state index contributed by atoms with van der Waals surface area (Å²) < 4.78 is 31.3. The predicted octanol–water partition coefficient (Wildman–Crippen LogP) is 2.08. The fraction of sp³-hybridized carbons (Fsp3) is 0.485. The van der Waals surface area contributed by atoms with Gasteiger partial charge < -0.3 is 25.2 Å². The number of aromatic amines is 1. The maximum atomic E-state index is 14.3. The SMILES string of the molecule is [2H][13C]([2H])([2H])N1C[C@H](C(=O)N[C@]2(C)O[C@@]3(O)[C@@H]4CCCN4C(=O)[C@H](Cc4ccccc4)N3C2=O)CC2c3cccc4[nH]cc(c34)C[C@H]21. The molecule has 1 aliphatic carbocycles. The number of benzene rings is 2. The van der Waals surface area contributed by atoms with E-state index >= 15 is 0 Å². The zero-order valence-electron chi connectivity index (χ0n) is 27.0. The maximum Gasteiger partial charge on any atom is 0.280 e. The van der Waals surface area contributed by atoms with E-state index in [1.54, 1.807) is 4.90 Å². The van der Waals surface area contributed by atoms with Crippen molar-refractivity contribution in [2.45, 2.75) is 74.7 Å². The van der Waals surface area contributed by atoms with Gasteiger partial charge in [0.1, 0.15) is 12.1 Å². The fourth-order valence-electron chi connectivity index (χ4n) is 8.40. The van der Waals surface area contributed by atoms with Crippen molar-refractivity contribution in [3.63, 3.8) is 0 Å². The Bertz CT molecular complexity index is 1750. The van der Waals surface area contributed by atoms with E-state index in [0.29, 0.717) is 32.2 Å². The van der Waals surface area contributed by atoms with Crippen LogP contribution in [0.15, 0.2) is 54.7 Å². The number of piperidine rings is 1. The molecule has 4 saturated heterocycles. The number of nitrogens with zero attached hydrogens (tertiary/aromatic N) is 3. The third-order valence-electron chi connectivity index (χ3n) is 10.4. The first-order valence-corrected chi connectivity index (χ1v) is 15.2. The highest BCUT2D eigenvalue weighted by Gasteiger charge is 2.70. The first-order chi connectivity index (χ1) is 21.9. The van der Waals surface area contributed by atoms with Gasteiger partial charge in [-0.2, -0.15) is 0 Å². The van der Waals surface area contributed by atoms with Crippen LogP contribution in [0.4, 0.5) is 0 Å². The van der Waals surface area contributed by atoms with Crippen LogP contribution in [0.3, 0.4) is 0 Å². The molecule has 4 fully saturated rings. The second kappa shape index (κ2) is 9.38. The Morgan fingerprint density at radius 1 is 1.21 bits per heavy atom. The molecule has 10 nitrogen and oxygen atoms in total. The van der Waals surface area contributed by atoms with Crippen molar-refractivity contribution in [3.8, 4) is 0 Å². The monoisotopic (exact) mass is 587 g/mol. The standard InChI is InChI=1S/C33H37N5O5/c1-32(35-29(39)21-15-23-22-10-6-11-24-28(22)20(17-34-24)16-25(23)36(2)18-21)31(41)38-26(14-19-8-4-3-5-9-19)30(40)37-13-7-12-27(37)33(38,42)43-32/h3-6,8-11,17,21,23,25-27,34,42H,7,12-16,18H2,1-2H3,(H,35,39)/t21-,23?,25-,26+,27+,32-,33+/m1/s1/i2+1D3. The molecule has 1 unspecified atom stereocenters. The van der Waals surface area contributed by atoms with Crippen LogP contribution in [0, 0.1) is 5.92 Å². The van der Waals surface area contributed by atoms with E-state index in [-0.39, 0.29) is 30.8 Å². The number of H-pyrrole nitrogens is 1. The van der Waals surface area contributed by atoms with E-state index < -0.39 is 48.4 Å². The van der Waals surface area contributed by atoms with E-state index in [0.717, 1.165) is 32.5 Å². The minimum absolute atomic E-state index is 0.0248. The Morgan fingerprint density at radius 3 is 2.86 bits per heavy atom. The number of likely N-dealkylation sites (N-methyl/N-ethyl adjacent to an activating group) is 1. The molecule has 224 valence electrons. The number of amides is 3. The number of hydrogen-bond acceptors (Lipinski definition) is 6. The van der Waals surface area contributed by atoms with E-state index in [9.17, 15) is 19.5 Å². The number of likely N-dealkylation sites (tertiary alicyclic amines) is 1. The molecule has 7 atom stereocenters. The van der Waals surface area contributed by atoms with Crippen LogP contribution in [-0.2, 0) is 32.0 Å². The summed E-state index contributed by atoms with van der Waals surface area (Å²) in [5.74, 6) is -4.62. The van der Waals surface area contributed by atoms with Crippen LogP contribution in [-0.4, -0.2) is 92.3 Å². The molecule has 43 heavy (non-hydrogen) atoms. The molecule has 4 aliphatic heterocycles. The van der Waals surface area contributed by atoms with Gasteiger partial charge >= 0.3 is 0 Å². The number of ether oxygens (including phenoxy) is 1. The summed E-state index contributed by atoms with van der Waals surface area (Å²) in [6.07, 6.45) is 4.14. The Morgan fingerprint density at radius 2 is 2.05 bits per heavy atom. The molecule has 3 N–H and O–H groups in total. The highest BCUT2D eigenvalue weighted by Crippen LogP contribution is 2.47. The summed E-state index contributed by atoms with van der Waals surface area (Å²) in [6.45, 7) is -0.618. The highest BCUT2D eigenvalue weighted by molar-refractivity contribution is 5.97. The molecule has 5 heterocycles. The summed E-state index contributed by atoms with van der Waals surface area (Å²) in [6, 6.07) is 13.1. The van der Waals surface area contributed by atoms with Gasteiger partial charge in [-0.25, -0.2) is 0 Å². The average molecular weight is 588 g/mol. The van der Waals surface area contributed by atoms with Crippen molar-refractivity contribution in [2.24, 2.45) is 5.92 Å². The molecule has 8 rings (SSSR count). The number of hydrogen-bond donors (Lipinski definition) is 3. The number of aromatic nitrogens is 1. The number of fused-ring (bicyclic) bond motifs is 5. The lowest BCUT2D eigenvalue weighted by Gasteiger charge is -2.48. The lowest BCUT2D eigenvalue weighted by Crippen LogP contribution is -2.71. The average Bonchev–Trinajstić information content (AvgIpc) is 3.73. The highest BCUT2D eigenvalue weighted by atomic mass is 16.7. The number of nitrogens with one attached hydrogen (secondary N) is 2. The lowest BCUT2D eigenvalue weighted by atomic mass is 9.72. The van der Waals surface area contributed by atoms with Gasteiger partial charge in [0.15, 0.2) is 0 Å². The second-order valence-electron chi connectivity index (χ2n) is 12.9. The minimum atomic E-state index is -2.44. The van der Waals surface area contributed by atoms with E-state index in [1.165, 1.54) is 11.8 Å². The summed E-state index contributed by atoms with van der Waals surface area (Å²) in [7, 11) is 0. The van der Waals surface area contributed by atoms with Crippen LogP contribution in [0.5, 0.6) is 0 Å². The maximum absolute atomic E-state index is 14.3. The number of rotatable bonds is 4. The van der Waals surface area contributed by atoms with Gasteiger partial charge in [0, 0.05) is 52.7 Å². The smallest absolute Gasteiger partial charge is 0.280 e. The molecule has 2 aromatic carbocycles. The summed E-state index contributed by atoms with van der Waals surface area (Å²) in [4.78, 5) is 49.6. The van der Waals surface area contributed by atoms with Crippen LogP contribution in [0.1, 0.15) is 52.9 Å². The molecule has 3 amide bonds. The predicted molar refractivity (Wildman–Crippen MR) is 157 cm³/mol. The fourth-order valence-corrected chi connectivity index (χ4v) is 8.40. The molecule has 0 saturated carbocycles. The topological polar surface area (TPSA) is 118 Å². The summed E-state index contributed by atoms with van der Waals surface area (Å²) in [5, 5.41) is 15.9. The quantitative estimate of drug-likeness (QED) is 0.403. The van der Waals surface area contributed by atoms with Gasteiger partial charge in [0.2, 0.25) is 17.5 Å². The van der Waals surface area contributed by atoms with Crippen molar-refractivity contribution in [1.29, 1.82) is 0 Å². The third kappa shape index (κ3) is 3.86. The van der Waals surface area contributed by atoms with Gasteiger partial charge in [-0.15, -0.1) is 0 Å². The minimum Gasteiger partial charge on any atom is -0.361 e. The molecular formula is C33H37N5O5. The van der Waals surface area contributed by atoms with Crippen LogP contribution < -0.4 is 5.32 Å². The molecule has 0 bridgehead atoms. The summed E-state index contributed by atoms with van der Waals surface area (Å²) in [5.41, 5.74) is 1.89. The van der Waals surface area contributed by atoms with E-state index in [2.05, 4.69) is 10.3 Å². The second-order valence-corrected chi connectivity index (χ2v) is 12.9. The van der Waals surface area contributed by atoms with E-state index in [1.807, 2.05) is 54.7 Å². The van der Waals surface area contributed by atoms with Gasteiger partial charge in [0.05, 0.1) is 5.92 Å². The van der Waals surface area contributed by atoms with Gasteiger partial charge in [0.25, 0.3) is 11.8 Å². The first-order valence-electron chi connectivity index (χ1n) is 16.7. The van der Waals surface area contributed by atoms with Crippen LogP contribution >= 0.6 is 0 Å². The molecule has 10 heteroatoms. The summed E-state index contributed by atoms with van der Waals surface area (Å²) >= 11 is 0. The molecule has 3 aromatic rings. The molecule has 5 aliphatic rings. The molecule has 0 spiro atoms.